The molecule has 0 radical (unpaired) electrons. The molecule has 0 spiro atoms. The number of ether oxygens (including phenoxy) is 1. The van der Waals surface area contributed by atoms with Gasteiger partial charge in [-0.3, -0.25) is 9.36 Å². The number of fused-ring (bicyclic) bond motifs is 1. The Morgan fingerprint density at radius 2 is 2.21 bits per heavy atom. The molecule has 4 rings (SSSR count). The first-order valence-corrected chi connectivity index (χ1v) is 10.6. The molecule has 7 nitrogen and oxygen atoms in total. The predicted octanol–water partition coefficient (Wildman–Crippen LogP) is 4.03. The van der Waals surface area contributed by atoms with Crippen LogP contribution >= 0.6 is 23.4 Å². The Morgan fingerprint density at radius 1 is 1.36 bits per heavy atom. The first-order valence-electron chi connectivity index (χ1n) is 9.28. The van der Waals surface area contributed by atoms with E-state index in [-0.39, 0.29) is 17.6 Å². The molecule has 1 aliphatic rings. The van der Waals surface area contributed by atoms with E-state index in [1.807, 2.05) is 13.8 Å². The molecule has 1 unspecified atom stereocenters. The van der Waals surface area contributed by atoms with Crippen LogP contribution in [0.4, 0.5) is 0 Å². The van der Waals surface area contributed by atoms with Gasteiger partial charge in [0.2, 0.25) is 5.89 Å². The van der Waals surface area contributed by atoms with E-state index in [9.17, 15) is 4.79 Å². The van der Waals surface area contributed by atoms with Crippen molar-refractivity contribution in [2.75, 3.05) is 6.61 Å². The van der Waals surface area contributed by atoms with Gasteiger partial charge < -0.3 is 9.26 Å². The maximum Gasteiger partial charge on any atom is 0.262 e. The SMILES string of the molecule is CC(C)c1noc(CSc2nc3cc(Cl)ccc3c(=O)n2CC2CCCO2)n1. The van der Waals surface area contributed by atoms with Crippen LogP contribution in [0.5, 0.6) is 0 Å². The minimum Gasteiger partial charge on any atom is -0.376 e. The van der Waals surface area contributed by atoms with E-state index in [0.717, 1.165) is 19.4 Å². The molecule has 1 atom stereocenters. The third-order valence-corrected chi connectivity index (χ3v) is 5.81. The van der Waals surface area contributed by atoms with Crippen LogP contribution in [-0.4, -0.2) is 32.4 Å². The van der Waals surface area contributed by atoms with Crippen LogP contribution in [0.15, 0.2) is 32.7 Å². The fraction of sp³-hybridized carbons (Fsp3) is 0.474. The van der Waals surface area contributed by atoms with Crippen LogP contribution in [0.1, 0.15) is 44.3 Å². The molecule has 1 aliphatic heterocycles. The van der Waals surface area contributed by atoms with Gasteiger partial charge in [-0.1, -0.05) is 42.4 Å². The van der Waals surface area contributed by atoms with Gasteiger partial charge in [0.15, 0.2) is 11.0 Å². The zero-order valence-electron chi connectivity index (χ0n) is 15.7. The topological polar surface area (TPSA) is 83.0 Å². The summed E-state index contributed by atoms with van der Waals surface area (Å²) in [5.41, 5.74) is 0.491. The summed E-state index contributed by atoms with van der Waals surface area (Å²) < 4.78 is 12.7. The molecule has 0 N–H and O–H groups in total. The molecular formula is C19H21ClN4O3S. The van der Waals surface area contributed by atoms with Gasteiger partial charge in [0.25, 0.3) is 5.56 Å². The summed E-state index contributed by atoms with van der Waals surface area (Å²) in [5, 5.41) is 5.68. The summed E-state index contributed by atoms with van der Waals surface area (Å²) in [6, 6.07) is 5.14. The van der Waals surface area contributed by atoms with Crippen LogP contribution in [-0.2, 0) is 17.0 Å². The van der Waals surface area contributed by atoms with Crippen molar-refractivity contribution in [3.63, 3.8) is 0 Å². The molecule has 2 aromatic heterocycles. The zero-order valence-corrected chi connectivity index (χ0v) is 17.3. The second-order valence-electron chi connectivity index (χ2n) is 7.10. The monoisotopic (exact) mass is 420 g/mol. The van der Waals surface area contributed by atoms with E-state index in [0.29, 0.717) is 45.1 Å². The lowest BCUT2D eigenvalue weighted by atomic mass is 10.2. The van der Waals surface area contributed by atoms with Gasteiger partial charge in [0, 0.05) is 17.5 Å². The molecule has 1 aromatic carbocycles. The predicted molar refractivity (Wildman–Crippen MR) is 108 cm³/mol. The second-order valence-corrected chi connectivity index (χ2v) is 8.48. The second kappa shape index (κ2) is 8.23. The smallest absolute Gasteiger partial charge is 0.262 e. The lowest BCUT2D eigenvalue weighted by molar-refractivity contribution is 0.0937. The molecule has 3 aromatic rings. The van der Waals surface area contributed by atoms with Gasteiger partial charge in [0.05, 0.1) is 29.3 Å². The van der Waals surface area contributed by atoms with Gasteiger partial charge in [-0.15, -0.1) is 0 Å². The zero-order chi connectivity index (χ0) is 19.7. The van der Waals surface area contributed by atoms with Crippen LogP contribution < -0.4 is 5.56 Å². The van der Waals surface area contributed by atoms with Gasteiger partial charge in [-0.25, -0.2) is 4.98 Å². The van der Waals surface area contributed by atoms with Crippen molar-refractivity contribution in [2.45, 2.75) is 56.2 Å². The Kier molecular flexibility index (Phi) is 5.70. The molecule has 0 saturated carbocycles. The Bertz CT molecular complexity index is 1040. The van der Waals surface area contributed by atoms with Gasteiger partial charge in [-0.05, 0) is 31.0 Å². The first-order chi connectivity index (χ1) is 13.5. The number of nitrogens with zero attached hydrogens (tertiary/aromatic N) is 4. The highest BCUT2D eigenvalue weighted by molar-refractivity contribution is 7.98. The van der Waals surface area contributed by atoms with Crippen LogP contribution in [0, 0.1) is 0 Å². The van der Waals surface area contributed by atoms with Gasteiger partial charge in [0.1, 0.15) is 0 Å². The number of hydrogen-bond donors (Lipinski definition) is 0. The lowest BCUT2D eigenvalue weighted by Gasteiger charge is -2.16. The normalized spacial score (nSPS) is 17.1. The summed E-state index contributed by atoms with van der Waals surface area (Å²) >= 11 is 7.50. The van der Waals surface area contributed by atoms with Crippen molar-refractivity contribution < 1.29 is 9.26 Å². The summed E-state index contributed by atoms with van der Waals surface area (Å²) in [6.45, 7) is 5.23. The van der Waals surface area contributed by atoms with E-state index in [1.54, 1.807) is 22.8 Å². The van der Waals surface area contributed by atoms with Crippen molar-refractivity contribution in [3.05, 3.63) is 45.3 Å². The Labute approximate surface area is 171 Å². The van der Waals surface area contributed by atoms with Crippen molar-refractivity contribution >= 4 is 34.3 Å². The van der Waals surface area contributed by atoms with Crippen molar-refractivity contribution in [1.82, 2.24) is 19.7 Å². The number of halogens is 1. The molecule has 0 aliphatic carbocycles. The van der Waals surface area contributed by atoms with Crippen molar-refractivity contribution in [3.8, 4) is 0 Å². The third kappa shape index (κ3) is 4.09. The Balaban J connectivity index is 1.67. The van der Waals surface area contributed by atoms with E-state index < -0.39 is 0 Å². The van der Waals surface area contributed by atoms with E-state index >= 15 is 0 Å². The third-order valence-electron chi connectivity index (χ3n) is 4.62. The van der Waals surface area contributed by atoms with Gasteiger partial charge >= 0.3 is 0 Å². The standard InChI is InChI=1S/C19H21ClN4O3S/c1-11(2)17-22-16(27-23-17)10-28-19-21-15-8-12(20)5-6-14(15)18(25)24(19)9-13-4-3-7-26-13/h5-6,8,11,13H,3-4,7,9-10H2,1-2H3. The number of hydrogen-bond acceptors (Lipinski definition) is 7. The molecule has 148 valence electrons. The number of benzene rings is 1. The summed E-state index contributed by atoms with van der Waals surface area (Å²) in [4.78, 5) is 22.2. The minimum absolute atomic E-state index is 0.0274. The summed E-state index contributed by atoms with van der Waals surface area (Å²) in [7, 11) is 0. The molecule has 0 amide bonds. The number of rotatable bonds is 6. The summed E-state index contributed by atoms with van der Waals surface area (Å²) in [5.74, 6) is 1.81. The van der Waals surface area contributed by atoms with Crippen LogP contribution in [0.25, 0.3) is 10.9 Å². The molecule has 1 fully saturated rings. The van der Waals surface area contributed by atoms with E-state index in [1.165, 1.54) is 11.8 Å². The van der Waals surface area contributed by atoms with E-state index in [4.69, 9.17) is 25.8 Å². The van der Waals surface area contributed by atoms with Gasteiger partial charge in [-0.2, -0.15) is 4.98 Å². The van der Waals surface area contributed by atoms with Crippen molar-refractivity contribution in [2.24, 2.45) is 0 Å². The fourth-order valence-electron chi connectivity index (χ4n) is 3.12. The maximum absolute atomic E-state index is 13.1. The summed E-state index contributed by atoms with van der Waals surface area (Å²) in [6.07, 6.45) is 1.98. The molecule has 9 heteroatoms. The van der Waals surface area contributed by atoms with Crippen LogP contribution in [0.3, 0.4) is 0 Å². The van der Waals surface area contributed by atoms with Crippen molar-refractivity contribution in [1.29, 1.82) is 0 Å². The average Bonchev–Trinajstić information content (AvgIpc) is 3.34. The highest BCUT2D eigenvalue weighted by Crippen LogP contribution is 2.25. The highest BCUT2D eigenvalue weighted by Gasteiger charge is 2.21. The number of thioether (sulfide) groups is 1. The molecule has 28 heavy (non-hydrogen) atoms. The Hall–Kier alpha value is -1.90. The maximum atomic E-state index is 13.1. The molecule has 1 saturated heterocycles. The molecule has 3 heterocycles. The van der Waals surface area contributed by atoms with Crippen LogP contribution in [0.2, 0.25) is 5.02 Å². The molecular weight excluding hydrogens is 400 g/mol. The number of aromatic nitrogens is 4. The minimum atomic E-state index is -0.0898. The lowest BCUT2D eigenvalue weighted by Crippen LogP contribution is -2.28. The molecule has 0 bridgehead atoms. The fourth-order valence-corrected chi connectivity index (χ4v) is 4.14. The average molecular weight is 421 g/mol. The first kappa shape index (κ1) is 19.4. The highest BCUT2D eigenvalue weighted by atomic mass is 35.5. The largest absolute Gasteiger partial charge is 0.376 e. The Morgan fingerprint density at radius 3 is 2.93 bits per heavy atom. The quantitative estimate of drug-likeness (QED) is 0.439. The van der Waals surface area contributed by atoms with E-state index in [2.05, 4.69) is 10.1 Å².